The van der Waals surface area contributed by atoms with E-state index in [1.165, 1.54) is 55.7 Å². The van der Waals surface area contributed by atoms with Gasteiger partial charge in [0.05, 0.1) is 5.56 Å². The van der Waals surface area contributed by atoms with Crippen LogP contribution in [0.1, 0.15) is 110 Å². The van der Waals surface area contributed by atoms with Crippen LogP contribution in [0.25, 0.3) is 5.57 Å². The third-order valence-corrected chi connectivity index (χ3v) is 7.18. The summed E-state index contributed by atoms with van der Waals surface area (Å²) in [7, 11) is 0. The molecular weight excluding hydrogens is 372 g/mol. The van der Waals surface area contributed by atoms with Crippen molar-refractivity contribution in [2.75, 3.05) is 0 Å². The van der Waals surface area contributed by atoms with Crippen molar-refractivity contribution in [3.05, 3.63) is 28.8 Å². The number of carbonyl (C=O) groups excluding carboxylic acids is 1. The first-order valence-electron chi connectivity index (χ1n) is 11.9. The molecule has 2 aliphatic rings. The van der Waals surface area contributed by atoms with E-state index < -0.39 is 0 Å². The Morgan fingerprint density at radius 1 is 1.27 bits per heavy atom. The zero-order valence-corrected chi connectivity index (χ0v) is 20.1. The van der Waals surface area contributed by atoms with Gasteiger partial charge in [0.2, 0.25) is 0 Å². The van der Waals surface area contributed by atoms with Gasteiger partial charge in [-0.15, -0.1) is 0 Å². The van der Waals surface area contributed by atoms with Gasteiger partial charge in [0.15, 0.2) is 0 Å². The molecule has 0 spiro atoms. The maximum atomic E-state index is 12.0. The second-order valence-electron chi connectivity index (χ2n) is 10.2. The van der Waals surface area contributed by atoms with E-state index in [4.69, 9.17) is 9.47 Å². The van der Waals surface area contributed by atoms with Crippen LogP contribution in [0.4, 0.5) is 0 Å². The lowest BCUT2D eigenvalue weighted by Gasteiger charge is -2.41. The van der Waals surface area contributed by atoms with Gasteiger partial charge in [0, 0.05) is 6.92 Å². The zero-order chi connectivity index (χ0) is 22.1. The molecule has 3 rings (SSSR count). The Kier molecular flexibility index (Phi) is 6.99. The maximum absolute atomic E-state index is 12.0. The Morgan fingerprint density at radius 3 is 2.67 bits per heavy atom. The fourth-order valence-electron chi connectivity index (χ4n) is 5.15. The van der Waals surface area contributed by atoms with Gasteiger partial charge in [-0.1, -0.05) is 53.4 Å². The van der Waals surface area contributed by atoms with Crippen LogP contribution in [-0.2, 0) is 4.79 Å². The first-order valence-corrected chi connectivity index (χ1v) is 11.9. The average molecular weight is 413 g/mol. The van der Waals surface area contributed by atoms with Gasteiger partial charge in [-0.2, -0.15) is 0 Å². The minimum atomic E-state index is -0.315. The summed E-state index contributed by atoms with van der Waals surface area (Å²) in [6.07, 6.45) is 8.27. The van der Waals surface area contributed by atoms with E-state index in [0.717, 1.165) is 24.2 Å². The molecule has 1 heterocycles. The van der Waals surface area contributed by atoms with Gasteiger partial charge >= 0.3 is 5.97 Å². The van der Waals surface area contributed by atoms with Gasteiger partial charge in [-0.3, -0.25) is 4.79 Å². The molecule has 0 fully saturated rings. The summed E-state index contributed by atoms with van der Waals surface area (Å²) in [5.41, 5.74) is 4.62. The molecule has 0 amide bonds. The van der Waals surface area contributed by atoms with Crippen LogP contribution in [0.15, 0.2) is 17.7 Å². The van der Waals surface area contributed by atoms with Gasteiger partial charge in [-0.25, -0.2) is 0 Å². The summed E-state index contributed by atoms with van der Waals surface area (Å²) in [6.45, 7) is 15.0. The molecule has 1 aromatic rings. The van der Waals surface area contributed by atoms with E-state index in [1.54, 1.807) is 0 Å². The fraction of sp³-hybridized carbons (Fsp3) is 0.667. The van der Waals surface area contributed by atoms with Crippen LogP contribution in [0, 0.1) is 11.8 Å². The Bertz CT molecular complexity index is 818. The molecule has 1 aliphatic carbocycles. The Hall–Kier alpha value is -1.77. The largest absolute Gasteiger partial charge is 0.483 e. The van der Waals surface area contributed by atoms with E-state index in [1.807, 2.05) is 0 Å². The van der Waals surface area contributed by atoms with E-state index >= 15 is 0 Å². The molecule has 30 heavy (non-hydrogen) atoms. The Morgan fingerprint density at radius 2 is 2.00 bits per heavy atom. The van der Waals surface area contributed by atoms with Gasteiger partial charge in [-0.05, 0) is 79.7 Å². The van der Waals surface area contributed by atoms with Crippen molar-refractivity contribution < 1.29 is 14.3 Å². The molecule has 3 unspecified atom stereocenters. The maximum Gasteiger partial charge on any atom is 0.308 e. The number of allylic oxidation sites excluding steroid dienone is 1. The summed E-state index contributed by atoms with van der Waals surface area (Å²) in [4.78, 5) is 12.0. The smallest absolute Gasteiger partial charge is 0.308 e. The van der Waals surface area contributed by atoms with Crippen molar-refractivity contribution in [2.45, 2.75) is 105 Å². The fourth-order valence-corrected chi connectivity index (χ4v) is 5.15. The van der Waals surface area contributed by atoms with Gasteiger partial charge in [0.1, 0.15) is 17.1 Å². The number of fused-ring (bicyclic) bond motifs is 2. The standard InChI is InChI=1S/C27H40O3/c1-8-9-10-11-18(3)19(4)21-15-24(29-20(5)28)26-22-14-17(2)12-13-23(22)27(6,7)30-25(26)16-21/h15-19H,8-14H2,1-7H3. The predicted molar refractivity (Wildman–Crippen MR) is 124 cm³/mol. The highest BCUT2D eigenvalue weighted by Crippen LogP contribution is 2.52. The number of unbranched alkanes of at least 4 members (excludes halogenated alkanes) is 2. The lowest BCUT2D eigenvalue weighted by atomic mass is 9.74. The molecular formula is C27H40O3. The number of esters is 1. The molecule has 0 bridgehead atoms. The van der Waals surface area contributed by atoms with Crippen molar-refractivity contribution in [1.29, 1.82) is 0 Å². The third-order valence-electron chi connectivity index (χ3n) is 7.18. The molecule has 0 N–H and O–H groups in total. The first-order chi connectivity index (χ1) is 14.1. The average Bonchev–Trinajstić information content (AvgIpc) is 2.65. The monoisotopic (exact) mass is 412 g/mol. The van der Waals surface area contributed by atoms with Crippen molar-refractivity contribution in [3.8, 4) is 11.5 Å². The summed E-state index contributed by atoms with van der Waals surface area (Å²) in [6, 6.07) is 4.32. The Labute approximate surface area is 183 Å². The lowest BCUT2D eigenvalue weighted by molar-refractivity contribution is -0.131. The topological polar surface area (TPSA) is 35.5 Å². The second kappa shape index (κ2) is 9.16. The summed E-state index contributed by atoms with van der Waals surface area (Å²) < 4.78 is 12.3. The first kappa shape index (κ1) is 22.9. The highest BCUT2D eigenvalue weighted by Gasteiger charge is 2.39. The molecule has 3 atom stereocenters. The van der Waals surface area contributed by atoms with E-state index in [2.05, 4.69) is 53.7 Å². The van der Waals surface area contributed by atoms with Crippen molar-refractivity contribution in [2.24, 2.45) is 11.8 Å². The highest BCUT2D eigenvalue weighted by molar-refractivity contribution is 5.83. The number of ether oxygens (including phenoxy) is 2. The van der Waals surface area contributed by atoms with Crippen LogP contribution in [0.2, 0.25) is 0 Å². The molecule has 1 aliphatic heterocycles. The molecule has 0 saturated carbocycles. The summed E-state index contributed by atoms with van der Waals surface area (Å²) in [5, 5.41) is 0. The number of hydrogen-bond donors (Lipinski definition) is 0. The molecule has 166 valence electrons. The quantitative estimate of drug-likeness (QED) is 0.262. The highest BCUT2D eigenvalue weighted by atomic mass is 16.5. The molecule has 3 heteroatoms. The lowest BCUT2D eigenvalue weighted by Crippen LogP contribution is -2.36. The number of benzene rings is 1. The minimum Gasteiger partial charge on any atom is -0.483 e. The third kappa shape index (κ3) is 4.76. The van der Waals surface area contributed by atoms with Crippen molar-refractivity contribution in [1.82, 2.24) is 0 Å². The molecule has 3 nitrogen and oxygen atoms in total. The van der Waals surface area contributed by atoms with Gasteiger partial charge < -0.3 is 9.47 Å². The normalized spacial score (nSPS) is 21.9. The summed E-state index contributed by atoms with van der Waals surface area (Å²) >= 11 is 0. The van der Waals surface area contributed by atoms with E-state index in [0.29, 0.717) is 23.5 Å². The summed E-state index contributed by atoms with van der Waals surface area (Å²) in [5.74, 6) is 2.88. The van der Waals surface area contributed by atoms with Crippen LogP contribution >= 0.6 is 0 Å². The number of hydrogen-bond acceptors (Lipinski definition) is 3. The van der Waals surface area contributed by atoms with Crippen LogP contribution < -0.4 is 9.47 Å². The molecule has 0 aromatic heterocycles. The number of rotatable bonds is 7. The van der Waals surface area contributed by atoms with Crippen LogP contribution in [0.3, 0.4) is 0 Å². The SMILES string of the molecule is CCCCCC(C)C(C)c1cc(OC(C)=O)c2c(c1)OC(C)(C)C1=C2CC(C)CC1. The van der Waals surface area contributed by atoms with Crippen LogP contribution in [-0.4, -0.2) is 11.6 Å². The Balaban J connectivity index is 2.05. The zero-order valence-electron chi connectivity index (χ0n) is 20.1. The van der Waals surface area contributed by atoms with E-state index in [9.17, 15) is 4.79 Å². The molecule has 0 radical (unpaired) electrons. The minimum absolute atomic E-state index is 0.270. The van der Waals surface area contributed by atoms with Crippen molar-refractivity contribution in [3.63, 3.8) is 0 Å². The van der Waals surface area contributed by atoms with E-state index in [-0.39, 0.29) is 11.6 Å². The molecule has 1 aromatic carbocycles. The van der Waals surface area contributed by atoms with Gasteiger partial charge in [0.25, 0.3) is 0 Å². The predicted octanol–water partition coefficient (Wildman–Crippen LogP) is 7.68. The van der Waals surface area contributed by atoms with Crippen LogP contribution in [0.5, 0.6) is 11.5 Å². The van der Waals surface area contributed by atoms with Crippen molar-refractivity contribution >= 4 is 11.5 Å². The second-order valence-corrected chi connectivity index (χ2v) is 10.2. The molecule has 0 saturated heterocycles. The number of carbonyl (C=O) groups is 1.